The first kappa shape index (κ1) is 16.3. The van der Waals surface area contributed by atoms with Crippen LogP contribution in [0.15, 0.2) is 96.6 Å². The van der Waals surface area contributed by atoms with Crippen LogP contribution in [0.3, 0.4) is 0 Å². The molecule has 0 fully saturated rings. The van der Waals surface area contributed by atoms with Gasteiger partial charge in [-0.05, 0) is 36.8 Å². The molecule has 1 aliphatic heterocycles. The number of hydrogen-bond donors (Lipinski definition) is 1. The van der Waals surface area contributed by atoms with Crippen LogP contribution >= 0.6 is 0 Å². The predicted octanol–water partition coefficient (Wildman–Crippen LogP) is 4.32. The van der Waals surface area contributed by atoms with Crippen molar-refractivity contribution >= 4 is 11.3 Å². The van der Waals surface area contributed by atoms with Gasteiger partial charge in [-0.1, -0.05) is 66.7 Å². The van der Waals surface area contributed by atoms with Crippen molar-refractivity contribution in [2.45, 2.75) is 12.6 Å². The topological polar surface area (TPSA) is 46.3 Å². The lowest BCUT2D eigenvalue weighted by Crippen LogP contribution is -2.36. The van der Waals surface area contributed by atoms with Crippen molar-refractivity contribution in [3.63, 3.8) is 0 Å². The highest BCUT2D eigenvalue weighted by atomic mass is 16.5. The predicted molar refractivity (Wildman–Crippen MR) is 104 cm³/mol. The highest BCUT2D eigenvalue weighted by molar-refractivity contribution is 6.16. The number of hydroxylamine groups is 1. The molecule has 1 N–H and O–H groups in total. The molecule has 0 spiro atoms. The van der Waals surface area contributed by atoms with Gasteiger partial charge in [0.1, 0.15) is 0 Å². The van der Waals surface area contributed by atoms with Gasteiger partial charge in [0, 0.05) is 11.1 Å². The summed E-state index contributed by atoms with van der Waals surface area (Å²) in [4.78, 5) is 0. The third kappa shape index (κ3) is 2.37. The molecule has 0 aromatic heterocycles. The summed E-state index contributed by atoms with van der Waals surface area (Å²) < 4.78 is 0.745. The van der Waals surface area contributed by atoms with Gasteiger partial charge in [-0.2, -0.15) is 4.74 Å². The molecule has 0 amide bonds. The Bertz CT molecular complexity index is 992. The minimum atomic E-state index is -1.77. The molecule has 1 heterocycles. The maximum absolute atomic E-state index is 13.4. The molecule has 4 rings (SSSR count). The summed E-state index contributed by atoms with van der Waals surface area (Å²) >= 11 is 0. The standard InChI is InChI=1S/C23H19NO2/c1-17-21(18-11-5-2-6-12-18)23(25,20-15-9-4-10-16-20)24(26)22(17)19-13-7-3-8-14-19/h2-16,25H,1H3/t23-/m1/s1. The molecule has 1 atom stereocenters. The molecule has 0 radical (unpaired) electrons. The van der Waals surface area contributed by atoms with Gasteiger partial charge in [-0.3, -0.25) is 0 Å². The molecule has 3 nitrogen and oxygen atoms in total. The zero-order valence-corrected chi connectivity index (χ0v) is 14.5. The summed E-state index contributed by atoms with van der Waals surface area (Å²) in [5, 5.41) is 25.1. The van der Waals surface area contributed by atoms with E-state index in [0.717, 1.165) is 21.4 Å². The van der Waals surface area contributed by atoms with E-state index in [0.29, 0.717) is 16.8 Å². The molecule has 0 saturated carbocycles. The summed E-state index contributed by atoms with van der Waals surface area (Å²) in [6, 6.07) is 28.2. The summed E-state index contributed by atoms with van der Waals surface area (Å²) in [6.45, 7) is 1.90. The highest BCUT2D eigenvalue weighted by Crippen LogP contribution is 2.44. The Morgan fingerprint density at radius 3 is 1.73 bits per heavy atom. The van der Waals surface area contributed by atoms with Crippen molar-refractivity contribution in [2.24, 2.45) is 0 Å². The number of aliphatic hydroxyl groups is 1. The molecule has 3 aromatic carbocycles. The maximum Gasteiger partial charge on any atom is 0.330 e. The lowest BCUT2D eigenvalue weighted by molar-refractivity contribution is -0.591. The summed E-state index contributed by atoms with van der Waals surface area (Å²) in [5.74, 6) is 0. The third-order valence-corrected chi connectivity index (χ3v) is 4.86. The van der Waals surface area contributed by atoms with Crippen molar-refractivity contribution in [3.8, 4) is 0 Å². The van der Waals surface area contributed by atoms with E-state index in [1.165, 1.54) is 0 Å². The molecular formula is C23H19NO2. The van der Waals surface area contributed by atoms with E-state index in [-0.39, 0.29) is 0 Å². The molecule has 3 aromatic rings. The Morgan fingerprint density at radius 1 is 0.731 bits per heavy atom. The van der Waals surface area contributed by atoms with Crippen LogP contribution in [-0.2, 0) is 5.72 Å². The van der Waals surface area contributed by atoms with E-state index in [9.17, 15) is 10.3 Å². The Kier molecular flexibility index (Phi) is 3.94. The second-order valence-electron chi connectivity index (χ2n) is 6.41. The Morgan fingerprint density at radius 2 is 1.19 bits per heavy atom. The van der Waals surface area contributed by atoms with Crippen LogP contribution in [0.25, 0.3) is 5.57 Å². The van der Waals surface area contributed by atoms with Gasteiger partial charge in [0.25, 0.3) is 0 Å². The molecule has 1 aliphatic rings. The Hall–Kier alpha value is -3.17. The molecule has 128 valence electrons. The molecule has 0 bridgehead atoms. The first-order valence-corrected chi connectivity index (χ1v) is 8.59. The van der Waals surface area contributed by atoms with Gasteiger partial charge in [-0.25, -0.2) is 0 Å². The molecule has 0 unspecified atom stereocenters. The van der Waals surface area contributed by atoms with E-state index < -0.39 is 5.72 Å². The van der Waals surface area contributed by atoms with Crippen molar-refractivity contribution in [1.29, 1.82) is 0 Å². The van der Waals surface area contributed by atoms with E-state index in [4.69, 9.17) is 0 Å². The van der Waals surface area contributed by atoms with Crippen LogP contribution in [0.5, 0.6) is 0 Å². The number of nitrogens with zero attached hydrogens (tertiary/aromatic N) is 1. The maximum atomic E-state index is 13.4. The normalized spacial score (nSPS) is 19.9. The minimum Gasteiger partial charge on any atom is -0.621 e. The van der Waals surface area contributed by atoms with Crippen LogP contribution in [-0.4, -0.2) is 15.6 Å². The zero-order valence-electron chi connectivity index (χ0n) is 14.5. The van der Waals surface area contributed by atoms with Crippen LogP contribution in [0.1, 0.15) is 23.6 Å². The number of benzene rings is 3. The largest absolute Gasteiger partial charge is 0.621 e. The minimum absolute atomic E-state index is 0.496. The van der Waals surface area contributed by atoms with Gasteiger partial charge >= 0.3 is 5.72 Å². The first-order valence-electron chi connectivity index (χ1n) is 8.59. The molecule has 0 saturated heterocycles. The number of rotatable bonds is 3. The summed E-state index contributed by atoms with van der Waals surface area (Å²) in [5.41, 5.74) is 2.32. The van der Waals surface area contributed by atoms with Crippen LogP contribution in [0.2, 0.25) is 0 Å². The Labute approximate surface area is 152 Å². The van der Waals surface area contributed by atoms with Crippen LogP contribution in [0, 0.1) is 5.21 Å². The zero-order chi connectivity index (χ0) is 18.1. The van der Waals surface area contributed by atoms with E-state index >= 15 is 0 Å². The van der Waals surface area contributed by atoms with Gasteiger partial charge in [0.05, 0.1) is 11.1 Å². The fraction of sp³-hybridized carbons (Fsp3) is 0.0870. The number of allylic oxidation sites excluding steroid dienone is 1. The average molecular weight is 341 g/mol. The summed E-state index contributed by atoms with van der Waals surface area (Å²) in [7, 11) is 0. The highest BCUT2D eigenvalue weighted by Gasteiger charge is 2.52. The van der Waals surface area contributed by atoms with Crippen molar-refractivity contribution in [2.75, 3.05) is 0 Å². The van der Waals surface area contributed by atoms with Gasteiger partial charge in [0.15, 0.2) is 0 Å². The second kappa shape index (κ2) is 6.28. The summed E-state index contributed by atoms with van der Waals surface area (Å²) in [6.07, 6.45) is 0. The lowest BCUT2D eigenvalue weighted by atomic mass is 9.87. The molecular weight excluding hydrogens is 322 g/mol. The van der Waals surface area contributed by atoms with Crippen molar-refractivity contribution < 1.29 is 9.85 Å². The molecule has 3 heteroatoms. The fourth-order valence-electron chi connectivity index (χ4n) is 3.68. The third-order valence-electron chi connectivity index (χ3n) is 4.86. The lowest BCUT2D eigenvalue weighted by Gasteiger charge is -2.26. The molecule has 26 heavy (non-hydrogen) atoms. The first-order chi connectivity index (χ1) is 12.6. The Balaban J connectivity index is 2.03. The smallest absolute Gasteiger partial charge is 0.330 e. The average Bonchev–Trinajstić information content (AvgIpc) is 2.90. The van der Waals surface area contributed by atoms with Gasteiger partial charge < -0.3 is 10.3 Å². The second-order valence-corrected chi connectivity index (χ2v) is 6.41. The van der Waals surface area contributed by atoms with Crippen molar-refractivity contribution in [1.82, 2.24) is 0 Å². The van der Waals surface area contributed by atoms with Crippen molar-refractivity contribution in [3.05, 3.63) is 118 Å². The van der Waals surface area contributed by atoms with Gasteiger partial charge in [0.2, 0.25) is 5.71 Å². The van der Waals surface area contributed by atoms with E-state index in [1.54, 1.807) is 12.1 Å². The van der Waals surface area contributed by atoms with E-state index in [2.05, 4.69) is 0 Å². The van der Waals surface area contributed by atoms with Crippen LogP contribution in [0.4, 0.5) is 0 Å². The SMILES string of the molecule is CC1=C(c2ccccc2)[C@](O)(c2ccccc2)[N+]([O-])=C1c1ccccc1. The quantitative estimate of drug-likeness (QED) is 0.570. The fourth-order valence-corrected chi connectivity index (χ4v) is 3.68. The van der Waals surface area contributed by atoms with Gasteiger partial charge in [-0.15, -0.1) is 0 Å². The number of hydrogen-bond acceptors (Lipinski definition) is 2. The molecule has 0 aliphatic carbocycles. The monoisotopic (exact) mass is 341 g/mol. The van der Waals surface area contributed by atoms with Crippen LogP contribution < -0.4 is 0 Å². The van der Waals surface area contributed by atoms with E-state index in [1.807, 2.05) is 85.8 Å².